The summed E-state index contributed by atoms with van der Waals surface area (Å²) in [6.07, 6.45) is 7.86. The molecule has 1 N–H and O–H groups in total. The molecule has 0 aromatic carbocycles. The van der Waals surface area contributed by atoms with Gasteiger partial charge in [0.2, 0.25) is 0 Å². The van der Waals surface area contributed by atoms with Gasteiger partial charge in [-0.1, -0.05) is 26.2 Å². The van der Waals surface area contributed by atoms with Gasteiger partial charge in [-0.05, 0) is 45.7 Å². The van der Waals surface area contributed by atoms with Gasteiger partial charge in [0.05, 0.1) is 0 Å². The second-order valence-electron chi connectivity index (χ2n) is 5.08. The first-order valence-corrected chi connectivity index (χ1v) is 6.59. The van der Waals surface area contributed by atoms with E-state index in [9.17, 15) is 9.90 Å². The van der Waals surface area contributed by atoms with E-state index >= 15 is 0 Å². The number of likely N-dealkylation sites (tertiary alicyclic amines) is 1. The number of rotatable bonds is 6. The van der Waals surface area contributed by atoms with Crippen molar-refractivity contribution in [3.63, 3.8) is 0 Å². The highest BCUT2D eigenvalue weighted by atomic mass is 16.4. The van der Waals surface area contributed by atoms with Crippen molar-refractivity contribution in [2.75, 3.05) is 13.1 Å². The molecule has 3 nitrogen and oxygen atoms in total. The highest BCUT2D eigenvalue weighted by Gasteiger charge is 2.40. The minimum Gasteiger partial charge on any atom is -0.480 e. The molecule has 0 amide bonds. The Morgan fingerprint density at radius 3 is 2.69 bits per heavy atom. The maximum atomic E-state index is 11.3. The van der Waals surface area contributed by atoms with Gasteiger partial charge in [0.25, 0.3) is 0 Å². The molecule has 1 unspecified atom stereocenters. The predicted molar refractivity (Wildman–Crippen MR) is 65.6 cm³/mol. The molecule has 1 heterocycles. The van der Waals surface area contributed by atoms with Crippen LogP contribution in [0.1, 0.15) is 58.8 Å². The first kappa shape index (κ1) is 13.5. The van der Waals surface area contributed by atoms with Crippen LogP contribution in [0.4, 0.5) is 0 Å². The average molecular weight is 227 g/mol. The molecule has 1 fully saturated rings. The van der Waals surface area contributed by atoms with E-state index in [4.69, 9.17) is 0 Å². The minimum absolute atomic E-state index is 0.607. The highest BCUT2D eigenvalue weighted by molar-refractivity contribution is 5.78. The Kier molecular flexibility index (Phi) is 5.26. The maximum absolute atomic E-state index is 11.3. The van der Waals surface area contributed by atoms with Crippen LogP contribution < -0.4 is 0 Å². The van der Waals surface area contributed by atoms with Crippen LogP contribution in [0, 0.1) is 0 Å². The van der Waals surface area contributed by atoms with Crippen LogP contribution in [-0.4, -0.2) is 34.6 Å². The van der Waals surface area contributed by atoms with Gasteiger partial charge >= 0.3 is 5.97 Å². The third-order valence-corrected chi connectivity index (χ3v) is 3.78. The lowest BCUT2D eigenvalue weighted by Crippen LogP contribution is -2.55. The Morgan fingerprint density at radius 2 is 2.06 bits per heavy atom. The lowest BCUT2D eigenvalue weighted by Gasteiger charge is -2.41. The largest absolute Gasteiger partial charge is 0.480 e. The molecular formula is C13H25NO2. The molecule has 0 bridgehead atoms. The summed E-state index contributed by atoms with van der Waals surface area (Å²) in [5.41, 5.74) is -0.607. The summed E-state index contributed by atoms with van der Waals surface area (Å²) in [5.74, 6) is -0.650. The van der Waals surface area contributed by atoms with Gasteiger partial charge < -0.3 is 5.11 Å². The zero-order valence-electron chi connectivity index (χ0n) is 10.7. The monoisotopic (exact) mass is 227 g/mol. The summed E-state index contributed by atoms with van der Waals surface area (Å²) in [6.45, 7) is 5.98. The summed E-state index contributed by atoms with van der Waals surface area (Å²) in [7, 11) is 0. The summed E-state index contributed by atoms with van der Waals surface area (Å²) < 4.78 is 0. The molecule has 94 valence electrons. The minimum atomic E-state index is -0.650. The van der Waals surface area contributed by atoms with E-state index in [2.05, 4.69) is 11.8 Å². The van der Waals surface area contributed by atoms with E-state index in [1.165, 1.54) is 19.3 Å². The lowest BCUT2D eigenvalue weighted by atomic mass is 9.88. The SMILES string of the molecule is CCCCCCN1CCCCC1(C)C(=O)O. The van der Waals surface area contributed by atoms with Gasteiger partial charge in [0.15, 0.2) is 0 Å². The molecule has 1 saturated heterocycles. The molecule has 0 spiro atoms. The smallest absolute Gasteiger partial charge is 0.323 e. The fourth-order valence-corrected chi connectivity index (χ4v) is 2.51. The van der Waals surface area contributed by atoms with Crippen molar-refractivity contribution in [3.8, 4) is 0 Å². The van der Waals surface area contributed by atoms with Gasteiger partial charge in [0.1, 0.15) is 5.54 Å². The van der Waals surface area contributed by atoms with Gasteiger partial charge in [-0.25, -0.2) is 0 Å². The Hall–Kier alpha value is -0.570. The fraction of sp³-hybridized carbons (Fsp3) is 0.923. The predicted octanol–water partition coefficient (Wildman–Crippen LogP) is 2.90. The Labute approximate surface area is 98.8 Å². The Bertz CT molecular complexity index is 230. The van der Waals surface area contributed by atoms with E-state index in [0.717, 1.165) is 38.8 Å². The molecule has 16 heavy (non-hydrogen) atoms. The van der Waals surface area contributed by atoms with Crippen molar-refractivity contribution in [3.05, 3.63) is 0 Å². The molecule has 1 rings (SSSR count). The van der Waals surface area contributed by atoms with E-state index in [0.29, 0.717) is 0 Å². The van der Waals surface area contributed by atoms with Crippen LogP contribution in [-0.2, 0) is 4.79 Å². The van der Waals surface area contributed by atoms with E-state index in [1.807, 2.05) is 6.92 Å². The van der Waals surface area contributed by atoms with Crippen LogP contribution in [0.5, 0.6) is 0 Å². The van der Waals surface area contributed by atoms with Gasteiger partial charge in [0, 0.05) is 0 Å². The molecule has 0 radical (unpaired) electrons. The van der Waals surface area contributed by atoms with E-state index in [-0.39, 0.29) is 0 Å². The molecule has 0 saturated carbocycles. The number of nitrogens with zero attached hydrogens (tertiary/aromatic N) is 1. The second kappa shape index (κ2) is 6.24. The van der Waals surface area contributed by atoms with Crippen LogP contribution in [0.2, 0.25) is 0 Å². The first-order valence-electron chi connectivity index (χ1n) is 6.59. The van der Waals surface area contributed by atoms with Crippen molar-refractivity contribution in [2.24, 2.45) is 0 Å². The Morgan fingerprint density at radius 1 is 1.31 bits per heavy atom. The topological polar surface area (TPSA) is 40.5 Å². The number of aliphatic carboxylic acids is 1. The molecule has 1 atom stereocenters. The van der Waals surface area contributed by atoms with Crippen molar-refractivity contribution in [2.45, 2.75) is 64.3 Å². The molecule has 1 aliphatic rings. The van der Waals surface area contributed by atoms with Crippen molar-refractivity contribution >= 4 is 5.97 Å². The van der Waals surface area contributed by atoms with Crippen LogP contribution in [0.15, 0.2) is 0 Å². The number of unbranched alkanes of at least 4 members (excludes halogenated alkanes) is 3. The van der Waals surface area contributed by atoms with E-state index < -0.39 is 11.5 Å². The zero-order chi connectivity index (χ0) is 12.0. The second-order valence-corrected chi connectivity index (χ2v) is 5.08. The summed E-state index contributed by atoms with van der Waals surface area (Å²) >= 11 is 0. The molecule has 0 aromatic rings. The zero-order valence-corrected chi connectivity index (χ0v) is 10.7. The maximum Gasteiger partial charge on any atom is 0.323 e. The molecule has 0 aliphatic carbocycles. The number of carboxylic acids is 1. The molecule has 0 aromatic heterocycles. The van der Waals surface area contributed by atoms with Gasteiger partial charge in [-0.3, -0.25) is 9.69 Å². The van der Waals surface area contributed by atoms with Gasteiger partial charge in [-0.15, -0.1) is 0 Å². The fourth-order valence-electron chi connectivity index (χ4n) is 2.51. The van der Waals surface area contributed by atoms with Crippen LogP contribution >= 0.6 is 0 Å². The normalized spacial score (nSPS) is 26.9. The summed E-state index contributed by atoms with van der Waals surface area (Å²) in [6, 6.07) is 0. The highest BCUT2D eigenvalue weighted by Crippen LogP contribution is 2.28. The van der Waals surface area contributed by atoms with Crippen molar-refractivity contribution in [1.82, 2.24) is 4.90 Å². The number of hydrogen-bond donors (Lipinski definition) is 1. The molecular weight excluding hydrogens is 202 g/mol. The third kappa shape index (κ3) is 3.21. The Balaban J connectivity index is 2.44. The van der Waals surface area contributed by atoms with Crippen molar-refractivity contribution in [1.29, 1.82) is 0 Å². The standard InChI is InChI=1S/C13H25NO2/c1-3-4-5-7-10-14-11-8-6-9-13(14,2)12(15)16/h3-11H2,1-2H3,(H,15,16). The quantitative estimate of drug-likeness (QED) is 0.709. The third-order valence-electron chi connectivity index (χ3n) is 3.78. The number of carbonyl (C=O) groups is 1. The van der Waals surface area contributed by atoms with E-state index in [1.54, 1.807) is 0 Å². The molecule has 1 aliphatic heterocycles. The first-order chi connectivity index (χ1) is 7.61. The number of carboxylic acid groups (broad SMARTS) is 1. The summed E-state index contributed by atoms with van der Waals surface area (Å²) in [4.78, 5) is 13.5. The number of hydrogen-bond acceptors (Lipinski definition) is 2. The number of piperidine rings is 1. The van der Waals surface area contributed by atoms with Crippen molar-refractivity contribution < 1.29 is 9.90 Å². The van der Waals surface area contributed by atoms with Crippen LogP contribution in [0.25, 0.3) is 0 Å². The molecule has 3 heteroatoms. The van der Waals surface area contributed by atoms with Gasteiger partial charge in [-0.2, -0.15) is 0 Å². The summed E-state index contributed by atoms with van der Waals surface area (Å²) in [5, 5.41) is 9.33. The average Bonchev–Trinajstić information content (AvgIpc) is 2.26. The van der Waals surface area contributed by atoms with Crippen LogP contribution in [0.3, 0.4) is 0 Å². The lowest BCUT2D eigenvalue weighted by molar-refractivity contribution is -0.152.